The van der Waals surface area contributed by atoms with Crippen molar-refractivity contribution in [3.05, 3.63) is 59.2 Å². The summed E-state index contributed by atoms with van der Waals surface area (Å²) in [7, 11) is 1.47. The molecule has 0 atom stereocenters. The number of aromatic carboxylic acids is 1. The quantitative estimate of drug-likeness (QED) is 0.672. The number of aryl methyl sites for hydroxylation is 1. The number of anilines is 1. The van der Waals surface area contributed by atoms with Crippen molar-refractivity contribution in [2.75, 3.05) is 12.4 Å². The van der Waals surface area contributed by atoms with Gasteiger partial charge in [0.25, 0.3) is 0 Å². The van der Waals surface area contributed by atoms with Crippen LogP contribution < -0.4 is 10.1 Å². The Bertz CT molecular complexity index is 746. The van der Waals surface area contributed by atoms with E-state index in [0.717, 1.165) is 11.1 Å². The Labute approximate surface area is 146 Å². The molecule has 0 aliphatic carbocycles. The average Bonchev–Trinajstić information content (AvgIpc) is 2.60. The lowest BCUT2D eigenvalue weighted by molar-refractivity contribution is -0.116. The standard InChI is InChI=1S/C18H19NO4S/c1-23-16-8-6-13(18(21)22)10-15(16)19-17(20)9-7-12-4-2-3-5-14(12)11-24/h2-6,8,10,24H,7,9,11H2,1H3,(H,19,20)(H,21,22). The van der Waals surface area contributed by atoms with Gasteiger partial charge in [-0.05, 0) is 35.7 Å². The molecule has 2 rings (SSSR count). The molecule has 0 saturated carbocycles. The summed E-state index contributed by atoms with van der Waals surface area (Å²) in [5.74, 6) is -0.225. The highest BCUT2D eigenvalue weighted by Crippen LogP contribution is 2.26. The predicted molar refractivity (Wildman–Crippen MR) is 96.0 cm³/mol. The van der Waals surface area contributed by atoms with Gasteiger partial charge in [0, 0.05) is 12.2 Å². The summed E-state index contributed by atoms with van der Waals surface area (Å²) in [5.41, 5.74) is 2.62. The number of carboxylic acid groups (broad SMARTS) is 1. The minimum Gasteiger partial charge on any atom is -0.495 e. The molecule has 0 heterocycles. The number of rotatable bonds is 7. The van der Waals surface area contributed by atoms with Crippen LogP contribution in [-0.2, 0) is 17.0 Å². The molecule has 0 radical (unpaired) electrons. The van der Waals surface area contributed by atoms with Crippen molar-refractivity contribution >= 4 is 30.2 Å². The van der Waals surface area contributed by atoms with Crippen molar-refractivity contribution in [3.63, 3.8) is 0 Å². The van der Waals surface area contributed by atoms with Gasteiger partial charge in [0.15, 0.2) is 0 Å². The minimum atomic E-state index is -1.06. The van der Waals surface area contributed by atoms with Crippen LogP contribution in [0.4, 0.5) is 5.69 Å². The van der Waals surface area contributed by atoms with Gasteiger partial charge >= 0.3 is 5.97 Å². The number of nitrogens with one attached hydrogen (secondary N) is 1. The van der Waals surface area contributed by atoms with Gasteiger partial charge in [-0.15, -0.1) is 0 Å². The van der Waals surface area contributed by atoms with Crippen molar-refractivity contribution in [2.45, 2.75) is 18.6 Å². The molecule has 0 aromatic heterocycles. The zero-order valence-electron chi connectivity index (χ0n) is 13.3. The van der Waals surface area contributed by atoms with E-state index >= 15 is 0 Å². The molecule has 5 nitrogen and oxygen atoms in total. The fourth-order valence-electron chi connectivity index (χ4n) is 2.36. The van der Waals surface area contributed by atoms with Crippen molar-refractivity contribution < 1.29 is 19.4 Å². The molecular weight excluding hydrogens is 326 g/mol. The Hall–Kier alpha value is -2.47. The van der Waals surface area contributed by atoms with Crippen LogP contribution in [0.15, 0.2) is 42.5 Å². The zero-order valence-corrected chi connectivity index (χ0v) is 14.2. The number of carboxylic acids is 1. The van der Waals surface area contributed by atoms with Crippen LogP contribution in [0.5, 0.6) is 5.75 Å². The summed E-state index contributed by atoms with van der Waals surface area (Å²) < 4.78 is 5.16. The summed E-state index contributed by atoms with van der Waals surface area (Å²) in [5, 5.41) is 11.8. The number of benzene rings is 2. The van der Waals surface area contributed by atoms with E-state index < -0.39 is 5.97 Å². The minimum absolute atomic E-state index is 0.0894. The molecule has 0 fully saturated rings. The van der Waals surface area contributed by atoms with Crippen LogP contribution in [0.25, 0.3) is 0 Å². The van der Waals surface area contributed by atoms with E-state index in [2.05, 4.69) is 17.9 Å². The Balaban J connectivity index is 2.06. The highest BCUT2D eigenvalue weighted by molar-refractivity contribution is 7.79. The topological polar surface area (TPSA) is 75.6 Å². The number of hydrogen-bond donors (Lipinski definition) is 3. The highest BCUT2D eigenvalue weighted by atomic mass is 32.1. The molecule has 6 heteroatoms. The number of amides is 1. The number of ether oxygens (including phenoxy) is 1. The van der Waals surface area contributed by atoms with Gasteiger partial charge in [-0.1, -0.05) is 24.3 Å². The fourth-order valence-corrected chi connectivity index (χ4v) is 2.66. The first-order chi connectivity index (χ1) is 11.5. The molecule has 0 bridgehead atoms. The van der Waals surface area contributed by atoms with E-state index in [1.165, 1.54) is 25.3 Å². The third kappa shape index (κ3) is 4.52. The van der Waals surface area contributed by atoms with Gasteiger partial charge in [0.2, 0.25) is 5.91 Å². The molecule has 1 amide bonds. The largest absolute Gasteiger partial charge is 0.495 e. The molecule has 2 N–H and O–H groups in total. The molecule has 126 valence electrons. The SMILES string of the molecule is COc1ccc(C(=O)O)cc1NC(=O)CCc1ccccc1CS. The van der Waals surface area contributed by atoms with Gasteiger partial charge in [0.1, 0.15) is 5.75 Å². The molecule has 24 heavy (non-hydrogen) atoms. The van der Waals surface area contributed by atoms with E-state index in [1.807, 2.05) is 24.3 Å². The van der Waals surface area contributed by atoms with Crippen molar-refractivity contribution in [1.29, 1.82) is 0 Å². The van der Waals surface area contributed by atoms with Gasteiger partial charge in [-0.2, -0.15) is 12.6 Å². The smallest absolute Gasteiger partial charge is 0.335 e. The molecule has 0 aliphatic rings. The van der Waals surface area contributed by atoms with Crippen LogP contribution in [0.2, 0.25) is 0 Å². The molecule has 0 saturated heterocycles. The van der Waals surface area contributed by atoms with E-state index in [-0.39, 0.29) is 17.9 Å². The van der Waals surface area contributed by atoms with Crippen LogP contribution >= 0.6 is 12.6 Å². The summed E-state index contributed by atoms with van der Waals surface area (Å²) in [6.45, 7) is 0. The lowest BCUT2D eigenvalue weighted by Crippen LogP contribution is -2.14. The van der Waals surface area contributed by atoms with Gasteiger partial charge in [-0.25, -0.2) is 4.79 Å². The first-order valence-corrected chi connectivity index (χ1v) is 8.07. The predicted octanol–water partition coefficient (Wildman–Crippen LogP) is 3.39. The number of carbonyl (C=O) groups is 2. The second-order valence-corrected chi connectivity index (χ2v) is 5.51. The molecule has 2 aromatic rings. The zero-order chi connectivity index (χ0) is 17.5. The Kier molecular flexibility index (Phi) is 6.26. The first-order valence-electron chi connectivity index (χ1n) is 7.44. The maximum Gasteiger partial charge on any atom is 0.335 e. The van der Waals surface area contributed by atoms with E-state index in [9.17, 15) is 9.59 Å². The molecule has 0 unspecified atom stereocenters. The maximum atomic E-state index is 12.2. The van der Waals surface area contributed by atoms with Crippen LogP contribution in [-0.4, -0.2) is 24.1 Å². The average molecular weight is 345 g/mol. The van der Waals surface area contributed by atoms with Crippen LogP contribution in [0, 0.1) is 0 Å². The van der Waals surface area contributed by atoms with E-state index in [0.29, 0.717) is 23.6 Å². The second-order valence-electron chi connectivity index (χ2n) is 5.20. The highest BCUT2D eigenvalue weighted by Gasteiger charge is 2.12. The van der Waals surface area contributed by atoms with E-state index in [4.69, 9.17) is 9.84 Å². The monoisotopic (exact) mass is 345 g/mol. The number of methoxy groups -OCH3 is 1. The lowest BCUT2D eigenvalue weighted by atomic mass is 10.0. The van der Waals surface area contributed by atoms with Crippen molar-refractivity contribution in [2.24, 2.45) is 0 Å². The Morgan fingerprint density at radius 3 is 2.50 bits per heavy atom. The lowest BCUT2D eigenvalue weighted by Gasteiger charge is -2.12. The molecule has 2 aromatic carbocycles. The third-order valence-corrected chi connectivity index (χ3v) is 3.97. The van der Waals surface area contributed by atoms with Crippen LogP contribution in [0.3, 0.4) is 0 Å². The molecular formula is C18H19NO4S. The number of hydrogen-bond acceptors (Lipinski definition) is 4. The normalized spacial score (nSPS) is 10.2. The van der Waals surface area contributed by atoms with Gasteiger partial charge < -0.3 is 15.2 Å². The first kappa shape index (κ1) is 17.9. The molecule has 0 spiro atoms. The maximum absolute atomic E-state index is 12.2. The number of thiol groups is 1. The fraction of sp³-hybridized carbons (Fsp3) is 0.222. The van der Waals surface area contributed by atoms with Gasteiger partial charge in [0.05, 0.1) is 18.4 Å². The van der Waals surface area contributed by atoms with Crippen molar-refractivity contribution in [3.8, 4) is 5.75 Å². The summed E-state index contributed by atoms with van der Waals surface area (Å²) in [6.07, 6.45) is 0.870. The molecule has 0 aliphatic heterocycles. The third-order valence-electron chi connectivity index (χ3n) is 3.63. The van der Waals surface area contributed by atoms with Gasteiger partial charge in [-0.3, -0.25) is 4.79 Å². The van der Waals surface area contributed by atoms with Crippen molar-refractivity contribution in [1.82, 2.24) is 0 Å². The Morgan fingerprint density at radius 2 is 1.88 bits per heavy atom. The second kappa shape index (κ2) is 8.40. The summed E-state index contributed by atoms with van der Waals surface area (Å²) >= 11 is 4.29. The van der Waals surface area contributed by atoms with E-state index in [1.54, 1.807) is 0 Å². The van der Waals surface area contributed by atoms with Crippen LogP contribution in [0.1, 0.15) is 27.9 Å². The summed E-state index contributed by atoms with van der Waals surface area (Å²) in [6, 6.07) is 12.2. The summed E-state index contributed by atoms with van der Waals surface area (Å²) in [4.78, 5) is 23.3. The Morgan fingerprint density at radius 1 is 1.17 bits per heavy atom. The number of carbonyl (C=O) groups excluding carboxylic acids is 1.